The van der Waals surface area contributed by atoms with Gasteiger partial charge in [-0.25, -0.2) is 0 Å². The van der Waals surface area contributed by atoms with Crippen LogP contribution in [0.3, 0.4) is 0 Å². The second-order valence-corrected chi connectivity index (χ2v) is 4.79. The Morgan fingerprint density at radius 2 is 2.06 bits per heavy atom. The van der Waals surface area contributed by atoms with Crippen LogP contribution in [-0.2, 0) is 11.2 Å². The van der Waals surface area contributed by atoms with E-state index in [1.54, 1.807) is 0 Å². The van der Waals surface area contributed by atoms with Gasteiger partial charge in [-0.3, -0.25) is 4.79 Å². The topological polar surface area (TPSA) is 72.5 Å². The molecule has 0 aliphatic rings. The predicted molar refractivity (Wildman–Crippen MR) is 70.7 cm³/mol. The van der Waals surface area contributed by atoms with Gasteiger partial charge in [0.1, 0.15) is 11.8 Å². The van der Waals surface area contributed by atoms with Crippen LogP contribution in [0.5, 0.6) is 5.75 Å². The number of rotatable bonds is 7. The molecule has 0 aliphatic heterocycles. The highest BCUT2D eigenvalue weighted by atomic mass is 16.5. The average molecular weight is 251 g/mol. The molecule has 1 atom stereocenters. The number of carboxylic acids is 1. The molecule has 0 radical (unpaired) electrons. The van der Waals surface area contributed by atoms with Gasteiger partial charge in [0.05, 0.1) is 6.61 Å². The van der Waals surface area contributed by atoms with E-state index >= 15 is 0 Å². The number of carbonyl (C=O) groups is 1. The summed E-state index contributed by atoms with van der Waals surface area (Å²) in [6, 6.07) is 6.55. The average Bonchev–Trinajstić information content (AvgIpc) is 2.30. The molecule has 4 nitrogen and oxygen atoms in total. The summed E-state index contributed by atoms with van der Waals surface area (Å²) in [6.07, 6.45) is 1.26. The smallest absolute Gasteiger partial charge is 0.320 e. The van der Waals surface area contributed by atoms with Gasteiger partial charge in [-0.1, -0.05) is 32.0 Å². The van der Waals surface area contributed by atoms with E-state index in [0.717, 1.165) is 17.7 Å². The molecule has 0 heterocycles. The number of nitrogens with two attached hydrogens (primary N) is 1. The number of hydrogen-bond donors (Lipinski definition) is 2. The van der Waals surface area contributed by atoms with Crippen molar-refractivity contribution < 1.29 is 14.6 Å². The fourth-order valence-corrected chi connectivity index (χ4v) is 1.54. The summed E-state index contributed by atoms with van der Waals surface area (Å²) >= 11 is 0. The lowest BCUT2D eigenvalue weighted by Gasteiger charge is -2.13. The fraction of sp³-hybridized carbons (Fsp3) is 0.500. The summed E-state index contributed by atoms with van der Waals surface area (Å²) in [5, 5.41) is 8.82. The van der Waals surface area contributed by atoms with Crippen LogP contribution in [0, 0.1) is 5.92 Å². The summed E-state index contributed by atoms with van der Waals surface area (Å²) in [4.78, 5) is 10.8. The van der Waals surface area contributed by atoms with Crippen LogP contribution in [0.15, 0.2) is 24.3 Å². The minimum Gasteiger partial charge on any atom is -0.493 e. The predicted octanol–water partition coefficient (Wildman–Crippen LogP) is 2.07. The number of para-hydroxylation sites is 1. The van der Waals surface area contributed by atoms with Crippen molar-refractivity contribution in [2.75, 3.05) is 6.61 Å². The normalized spacial score (nSPS) is 12.4. The molecule has 0 aliphatic carbocycles. The molecule has 0 bridgehead atoms. The molecule has 0 spiro atoms. The molecule has 1 aromatic rings. The van der Waals surface area contributed by atoms with Crippen molar-refractivity contribution in [2.45, 2.75) is 32.7 Å². The third-order valence-corrected chi connectivity index (χ3v) is 2.68. The Morgan fingerprint density at radius 1 is 1.39 bits per heavy atom. The second-order valence-electron chi connectivity index (χ2n) is 4.79. The molecule has 1 rings (SSSR count). The van der Waals surface area contributed by atoms with E-state index in [2.05, 4.69) is 13.8 Å². The first-order valence-electron chi connectivity index (χ1n) is 6.19. The molecule has 100 valence electrons. The van der Waals surface area contributed by atoms with Crippen molar-refractivity contribution >= 4 is 5.97 Å². The highest BCUT2D eigenvalue weighted by Crippen LogP contribution is 2.20. The zero-order valence-corrected chi connectivity index (χ0v) is 10.9. The molecule has 0 aromatic heterocycles. The Balaban J connectivity index is 2.64. The van der Waals surface area contributed by atoms with Crippen LogP contribution < -0.4 is 10.5 Å². The van der Waals surface area contributed by atoms with E-state index in [9.17, 15) is 4.79 Å². The molecular weight excluding hydrogens is 230 g/mol. The minimum absolute atomic E-state index is 0.285. The molecule has 4 heteroatoms. The van der Waals surface area contributed by atoms with Crippen LogP contribution in [0.2, 0.25) is 0 Å². The van der Waals surface area contributed by atoms with E-state index in [-0.39, 0.29) is 6.42 Å². The van der Waals surface area contributed by atoms with Crippen LogP contribution in [0.25, 0.3) is 0 Å². The Kier molecular flexibility index (Phi) is 5.65. The summed E-state index contributed by atoms with van der Waals surface area (Å²) < 4.78 is 5.68. The van der Waals surface area contributed by atoms with Gasteiger partial charge in [-0.15, -0.1) is 0 Å². The monoisotopic (exact) mass is 251 g/mol. The molecule has 0 fully saturated rings. The van der Waals surface area contributed by atoms with E-state index < -0.39 is 12.0 Å². The van der Waals surface area contributed by atoms with Crippen molar-refractivity contribution in [2.24, 2.45) is 11.7 Å². The standard InChI is InChI=1S/C14H21NO3/c1-10(2)7-8-18-13-6-4-3-5-11(13)9-12(15)14(16)17/h3-6,10,12H,7-9,15H2,1-2H3,(H,16,17). The molecule has 0 saturated carbocycles. The van der Waals surface area contributed by atoms with Crippen LogP contribution >= 0.6 is 0 Å². The van der Waals surface area contributed by atoms with E-state index in [1.165, 1.54) is 0 Å². The maximum absolute atomic E-state index is 10.8. The Labute approximate surface area is 108 Å². The molecule has 3 N–H and O–H groups in total. The fourth-order valence-electron chi connectivity index (χ4n) is 1.54. The van der Waals surface area contributed by atoms with Gasteiger partial charge in [0.15, 0.2) is 0 Å². The van der Waals surface area contributed by atoms with Gasteiger partial charge in [-0.2, -0.15) is 0 Å². The summed E-state index contributed by atoms with van der Waals surface area (Å²) in [7, 11) is 0. The summed E-state index contributed by atoms with van der Waals surface area (Å²) in [6.45, 7) is 4.90. The zero-order valence-electron chi connectivity index (χ0n) is 10.9. The number of aliphatic carboxylic acids is 1. The number of benzene rings is 1. The second kappa shape index (κ2) is 7.01. The molecule has 0 saturated heterocycles. The lowest BCUT2D eigenvalue weighted by Crippen LogP contribution is -2.32. The molecule has 0 amide bonds. The van der Waals surface area contributed by atoms with Crippen LogP contribution in [0.4, 0.5) is 0 Å². The first kappa shape index (κ1) is 14.5. The highest BCUT2D eigenvalue weighted by Gasteiger charge is 2.14. The maximum Gasteiger partial charge on any atom is 0.320 e. The Bertz CT molecular complexity index is 390. The largest absolute Gasteiger partial charge is 0.493 e. The number of carboxylic acid groups (broad SMARTS) is 1. The quantitative estimate of drug-likeness (QED) is 0.778. The van der Waals surface area contributed by atoms with Crippen LogP contribution in [-0.4, -0.2) is 23.7 Å². The molecule has 1 aromatic carbocycles. The van der Waals surface area contributed by atoms with Gasteiger partial charge in [-0.05, 0) is 24.0 Å². The minimum atomic E-state index is -0.994. The number of ether oxygens (including phenoxy) is 1. The van der Waals surface area contributed by atoms with Crippen molar-refractivity contribution in [3.05, 3.63) is 29.8 Å². The van der Waals surface area contributed by atoms with Gasteiger partial charge < -0.3 is 15.6 Å². The number of hydrogen-bond acceptors (Lipinski definition) is 3. The van der Waals surface area contributed by atoms with Crippen LogP contribution in [0.1, 0.15) is 25.8 Å². The van der Waals surface area contributed by atoms with E-state index in [0.29, 0.717) is 12.5 Å². The van der Waals surface area contributed by atoms with E-state index in [1.807, 2.05) is 24.3 Å². The maximum atomic E-state index is 10.8. The summed E-state index contributed by atoms with van der Waals surface area (Å²) in [5.74, 6) is 0.320. The van der Waals surface area contributed by atoms with Crippen molar-refractivity contribution in [1.82, 2.24) is 0 Å². The zero-order chi connectivity index (χ0) is 13.5. The SMILES string of the molecule is CC(C)CCOc1ccccc1CC(N)C(=O)O. The van der Waals surface area contributed by atoms with Gasteiger partial charge in [0, 0.05) is 6.42 Å². The Morgan fingerprint density at radius 3 is 2.67 bits per heavy atom. The summed E-state index contributed by atoms with van der Waals surface area (Å²) in [5.41, 5.74) is 6.38. The lowest BCUT2D eigenvalue weighted by atomic mass is 10.1. The van der Waals surface area contributed by atoms with Crippen molar-refractivity contribution in [1.29, 1.82) is 0 Å². The van der Waals surface area contributed by atoms with Gasteiger partial charge >= 0.3 is 5.97 Å². The van der Waals surface area contributed by atoms with Gasteiger partial charge in [0.2, 0.25) is 0 Å². The molecule has 18 heavy (non-hydrogen) atoms. The third-order valence-electron chi connectivity index (χ3n) is 2.68. The van der Waals surface area contributed by atoms with Gasteiger partial charge in [0.25, 0.3) is 0 Å². The molecule has 1 unspecified atom stereocenters. The molecular formula is C14H21NO3. The Hall–Kier alpha value is -1.55. The lowest BCUT2D eigenvalue weighted by molar-refractivity contribution is -0.138. The van der Waals surface area contributed by atoms with E-state index in [4.69, 9.17) is 15.6 Å². The first-order chi connectivity index (χ1) is 8.50. The van der Waals surface area contributed by atoms with Crippen molar-refractivity contribution in [3.63, 3.8) is 0 Å². The first-order valence-corrected chi connectivity index (χ1v) is 6.19. The van der Waals surface area contributed by atoms with Crippen molar-refractivity contribution in [3.8, 4) is 5.75 Å². The highest BCUT2D eigenvalue weighted by molar-refractivity contribution is 5.73. The third kappa shape index (κ3) is 4.75.